The van der Waals surface area contributed by atoms with E-state index in [9.17, 15) is 8.42 Å². The van der Waals surface area contributed by atoms with Crippen LogP contribution in [0.5, 0.6) is 0 Å². The van der Waals surface area contributed by atoms with Crippen molar-refractivity contribution in [3.63, 3.8) is 0 Å². The second kappa shape index (κ2) is 10.7. The van der Waals surface area contributed by atoms with Gasteiger partial charge in [-0.25, -0.2) is 8.42 Å². The first-order valence-corrected chi connectivity index (χ1v) is 10.1. The molecule has 0 aromatic carbocycles. The molecule has 0 amide bonds. The number of guanidine groups is 1. The minimum atomic E-state index is -2.87. The maximum absolute atomic E-state index is 11.1. The summed E-state index contributed by atoms with van der Waals surface area (Å²) in [4.78, 5) is 6.64. The highest BCUT2D eigenvalue weighted by molar-refractivity contribution is 14.0. The van der Waals surface area contributed by atoms with Crippen molar-refractivity contribution < 1.29 is 8.42 Å². The zero-order valence-electron chi connectivity index (χ0n) is 14.3. The molecule has 0 aliphatic carbocycles. The molecule has 7 heteroatoms. The SMILES string of the molecule is CCC(CC)C1CCN(C(=NC)NCCCS(C)(=O)=O)C1.I. The monoisotopic (exact) mass is 445 g/mol. The smallest absolute Gasteiger partial charge is 0.193 e. The fourth-order valence-electron chi connectivity index (χ4n) is 3.19. The Morgan fingerprint density at radius 3 is 2.50 bits per heavy atom. The van der Waals surface area contributed by atoms with Crippen molar-refractivity contribution in [2.24, 2.45) is 16.8 Å². The molecule has 1 aliphatic heterocycles. The Morgan fingerprint density at radius 2 is 2.00 bits per heavy atom. The van der Waals surface area contributed by atoms with E-state index in [4.69, 9.17) is 0 Å². The van der Waals surface area contributed by atoms with Crippen molar-refractivity contribution >= 4 is 39.8 Å². The predicted molar refractivity (Wildman–Crippen MR) is 105 cm³/mol. The van der Waals surface area contributed by atoms with Crippen LogP contribution in [0, 0.1) is 11.8 Å². The number of nitrogens with one attached hydrogen (secondary N) is 1. The van der Waals surface area contributed by atoms with E-state index in [0.29, 0.717) is 13.0 Å². The number of hydrogen-bond donors (Lipinski definition) is 1. The summed E-state index contributed by atoms with van der Waals surface area (Å²) in [5, 5.41) is 3.29. The summed E-state index contributed by atoms with van der Waals surface area (Å²) in [6.45, 7) is 7.32. The van der Waals surface area contributed by atoms with Gasteiger partial charge in [-0.05, 0) is 24.7 Å². The topological polar surface area (TPSA) is 61.8 Å². The Bertz CT molecular complexity index is 436. The van der Waals surface area contributed by atoms with Gasteiger partial charge in [-0.2, -0.15) is 0 Å². The number of hydrogen-bond acceptors (Lipinski definition) is 3. The lowest BCUT2D eigenvalue weighted by molar-refractivity contribution is 0.319. The van der Waals surface area contributed by atoms with E-state index >= 15 is 0 Å². The quantitative estimate of drug-likeness (QED) is 0.283. The van der Waals surface area contributed by atoms with Gasteiger partial charge in [0.2, 0.25) is 0 Å². The van der Waals surface area contributed by atoms with Gasteiger partial charge in [-0.15, -0.1) is 24.0 Å². The molecule has 22 heavy (non-hydrogen) atoms. The predicted octanol–water partition coefficient (Wildman–Crippen LogP) is 2.37. The zero-order chi connectivity index (χ0) is 15.9. The number of likely N-dealkylation sites (tertiary alicyclic amines) is 1. The van der Waals surface area contributed by atoms with Crippen LogP contribution in [0.25, 0.3) is 0 Å². The Balaban J connectivity index is 0.00000441. The zero-order valence-corrected chi connectivity index (χ0v) is 17.5. The number of halogens is 1. The summed E-state index contributed by atoms with van der Waals surface area (Å²) in [5.41, 5.74) is 0. The van der Waals surface area contributed by atoms with Crippen molar-refractivity contribution in [1.29, 1.82) is 0 Å². The van der Waals surface area contributed by atoms with Gasteiger partial charge in [-0.3, -0.25) is 4.99 Å². The van der Waals surface area contributed by atoms with E-state index in [0.717, 1.165) is 30.9 Å². The van der Waals surface area contributed by atoms with Crippen molar-refractivity contribution in [3.05, 3.63) is 0 Å². The minimum absolute atomic E-state index is 0. The number of nitrogens with zero attached hydrogens (tertiary/aromatic N) is 2. The van der Waals surface area contributed by atoms with Gasteiger partial charge < -0.3 is 10.2 Å². The van der Waals surface area contributed by atoms with Crippen LogP contribution in [0.15, 0.2) is 4.99 Å². The van der Waals surface area contributed by atoms with E-state index in [2.05, 4.69) is 29.1 Å². The van der Waals surface area contributed by atoms with Gasteiger partial charge in [0.15, 0.2) is 5.96 Å². The number of aliphatic imine (C=N–C) groups is 1. The number of sulfone groups is 1. The van der Waals surface area contributed by atoms with Crippen LogP contribution < -0.4 is 5.32 Å². The maximum Gasteiger partial charge on any atom is 0.193 e. The Hall–Kier alpha value is -0.0500. The lowest BCUT2D eigenvalue weighted by atomic mass is 9.87. The van der Waals surface area contributed by atoms with Crippen molar-refractivity contribution in [2.75, 3.05) is 38.7 Å². The molecule has 1 atom stereocenters. The van der Waals surface area contributed by atoms with Crippen LogP contribution in [0.2, 0.25) is 0 Å². The molecular weight excluding hydrogens is 413 g/mol. The van der Waals surface area contributed by atoms with Crippen LogP contribution >= 0.6 is 24.0 Å². The molecule has 1 unspecified atom stereocenters. The minimum Gasteiger partial charge on any atom is -0.356 e. The van der Waals surface area contributed by atoms with E-state index in [1.807, 2.05) is 0 Å². The largest absolute Gasteiger partial charge is 0.356 e. The van der Waals surface area contributed by atoms with Crippen LogP contribution in [0.4, 0.5) is 0 Å². The van der Waals surface area contributed by atoms with Gasteiger partial charge >= 0.3 is 0 Å². The van der Waals surface area contributed by atoms with Crippen LogP contribution in [-0.2, 0) is 9.84 Å². The highest BCUT2D eigenvalue weighted by atomic mass is 127. The number of rotatable bonds is 7. The summed E-state index contributed by atoms with van der Waals surface area (Å²) in [7, 11) is -1.07. The van der Waals surface area contributed by atoms with E-state index in [1.165, 1.54) is 25.5 Å². The van der Waals surface area contributed by atoms with Crippen LogP contribution in [-0.4, -0.2) is 58.0 Å². The Labute approximate surface area is 153 Å². The van der Waals surface area contributed by atoms with Gasteiger partial charge in [0, 0.05) is 32.9 Å². The molecule has 1 N–H and O–H groups in total. The lowest BCUT2D eigenvalue weighted by Gasteiger charge is -2.24. The Kier molecular flexibility index (Phi) is 10.6. The van der Waals surface area contributed by atoms with Gasteiger partial charge in [0.05, 0.1) is 5.75 Å². The van der Waals surface area contributed by atoms with Crippen LogP contribution in [0.3, 0.4) is 0 Å². The summed E-state index contributed by atoms with van der Waals surface area (Å²) in [5.74, 6) is 2.71. The van der Waals surface area contributed by atoms with Gasteiger partial charge in [0.1, 0.15) is 9.84 Å². The third-order valence-electron chi connectivity index (χ3n) is 4.43. The molecule has 5 nitrogen and oxygen atoms in total. The molecule has 0 saturated carbocycles. The molecule has 1 aliphatic rings. The van der Waals surface area contributed by atoms with Gasteiger partial charge in [0.25, 0.3) is 0 Å². The van der Waals surface area contributed by atoms with Crippen molar-refractivity contribution in [2.45, 2.75) is 39.5 Å². The highest BCUT2D eigenvalue weighted by Crippen LogP contribution is 2.28. The van der Waals surface area contributed by atoms with E-state index in [-0.39, 0.29) is 29.7 Å². The molecule has 1 heterocycles. The van der Waals surface area contributed by atoms with E-state index in [1.54, 1.807) is 7.05 Å². The summed E-state index contributed by atoms with van der Waals surface area (Å²) >= 11 is 0. The van der Waals surface area contributed by atoms with Crippen LogP contribution in [0.1, 0.15) is 39.5 Å². The maximum atomic E-state index is 11.1. The molecule has 0 bridgehead atoms. The molecule has 0 aromatic heterocycles. The molecule has 132 valence electrons. The summed E-state index contributed by atoms with van der Waals surface area (Å²) in [6, 6.07) is 0. The molecular formula is C15H32IN3O2S. The first kappa shape index (κ1) is 21.9. The first-order chi connectivity index (χ1) is 9.91. The van der Waals surface area contributed by atoms with Crippen molar-refractivity contribution in [1.82, 2.24) is 10.2 Å². The fraction of sp³-hybridized carbons (Fsp3) is 0.933. The van der Waals surface area contributed by atoms with Gasteiger partial charge in [-0.1, -0.05) is 26.7 Å². The summed E-state index contributed by atoms with van der Waals surface area (Å²) < 4.78 is 22.2. The lowest BCUT2D eigenvalue weighted by Crippen LogP contribution is -2.41. The molecule has 1 saturated heterocycles. The molecule has 1 fully saturated rings. The molecule has 0 aromatic rings. The second-order valence-electron chi connectivity index (χ2n) is 6.03. The molecule has 0 radical (unpaired) electrons. The van der Waals surface area contributed by atoms with Crippen molar-refractivity contribution in [3.8, 4) is 0 Å². The average Bonchev–Trinajstić information content (AvgIpc) is 2.88. The third-order valence-corrected chi connectivity index (χ3v) is 5.46. The van der Waals surface area contributed by atoms with E-state index < -0.39 is 9.84 Å². The molecule has 0 spiro atoms. The standard InChI is InChI=1S/C15H31N3O2S.HI/c1-5-13(6-2)14-8-10-18(12-14)15(16-3)17-9-7-11-21(4,19)20;/h13-14H,5-12H2,1-4H3,(H,16,17);1H. The normalized spacial score (nSPS) is 19.4. The fourth-order valence-corrected chi connectivity index (χ4v) is 3.86. The second-order valence-corrected chi connectivity index (χ2v) is 8.29. The average molecular weight is 445 g/mol. The summed E-state index contributed by atoms with van der Waals surface area (Å²) in [6.07, 6.45) is 5.63. The molecule has 1 rings (SSSR count). The highest BCUT2D eigenvalue weighted by Gasteiger charge is 2.29. The Morgan fingerprint density at radius 1 is 1.36 bits per heavy atom. The third kappa shape index (κ3) is 7.48. The first-order valence-electron chi connectivity index (χ1n) is 8.04.